The fourth-order valence-electron chi connectivity index (χ4n) is 3.31. The van der Waals surface area contributed by atoms with Crippen molar-refractivity contribution in [2.45, 2.75) is 89.1 Å². The second-order valence-corrected chi connectivity index (χ2v) is 7.30. The molecule has 0 unspecified atom stereocenters. The van der Waals surface area contributed by atoms with Crippen molar-refractivity contribution in [1.82, 2.24) is 0 Å². The van der Waals surface area contributed by atoms with Gasteiger partial charge in [-0.3, -0.25) is 14.4 Å². The van der Waals surface area contributed by atoms with Gasteiger partial charge in [-0.15, -0.1) is 0 Å². The summed E-state index contributed by atoms with van der Waals surface area (Å²) in [6.07, 6.45) is -14.6. The van der Waals surface area contributed by atoms with Gasteiger partial charge in [0, 0.05) is 20.8 Å². The Kier molecular flexibility index (Phi) is 8.71. The number of hydrogen-bond donors (Lipinski definition) is 4. The predicted molar refractivity (Wildman–Crippen MR) is 95.8 cm³/mol. The first-order valence-corrected chi connectivity index (χ1v) is 9.58. The van der Waals surface area contributed by atoms with Crippen LogP contribution in [-0.2, 0) is 42.8 Å². The third-order valence-electron chi connectivity index (χ3n) is 4.76. The zero-order chi connectivity index (χ0) is 23.5. The first kappa shape index (κ1) is 25.4. The van der Waals surface area contributed by atoms with Gasteiger partial charge in [0.25, 0.3) is 0 Å². The predicted octanol–water partition coefficient (Wildman–Crippen LogP) is -2.66. The minimum Gasteiger partial charge on any atom is -0.463 e. The summed E-state index contributed by atoms with van der Waals surface area (Å²) in [5.74, 6) is -2.26. The van der Waals surface area contributed by atoms with E-state index in [2.05, 4.69) is 0 Å². The molecule has 2 heterocycles. The zero-order valence-electron chi connectivity index (χ0n) is 17.4. The Morgan fingerprint density at radius 1 is 0.774 bits per heavy atom. The molecule has 0 bridgehead atoms. The summed E-state index contributed by atoms with van der Waals surface area (Å²) in [7, 11) is 0. The van der Waals surface area contributed by atoms with Crippen LogP contribution in [0.15, 0.2) is 0 Å². The van der Waals surface area contributed by atoms with Crippen molar-refractivity contribution >= 4 is 17.9 Å². The molecule has 0 spiro atoms. The van der Waals surface area contributed by atoms with Crippen molar-refractivity contribution in [2.24, 2.45) is 0 Å². The van der Waals surface area contributed by atoms with Crippen LogP contribution in [0.1, 0.15) is 27.7 Å². The standard InChI is InChI=1S/C18H28O13/c1-6-11(22)12(23)13(24)18(27-6)31-16-15(29-9(4)21)14(28-8(3)20)10(30-17(16)25)5-26-7(2)19/h6,10-18,22-25H,5H2,1-4H3/t6-,10+,11+,12+,13-,14-,15-,16+,17-,18-/m0/s1. The van der Waals surface area contributed by atoms with Crippen molar-refractivity contribution in [1.29, 1.82) is 0 Å². The van der Waals surface area contributed by atoms with Gasteiger partial charge in [-0.25, -0.2) is 0 Å². The Morgan fingerprint density at radius 2 is 1.35 bits per heavy atom. The van der Waals surface area contributed by atoms with Gasteiger partial charge >= 0.3 is 17.9 Å². The Bertz CT molecular complexity index is 654. The lowest BCUT2D eigenvalue weighted by molar-refractivity contribution is -0.359. The molecule has 2 aliphatic rings. The monoisotopic (exact) mass is 452 g/mol. The van der Waals surface area contributed by atoms with Crippen LogP contribution in [0.3, 0.4) is 0 Å². The number of rotatable bonds is 6. The molecule has 2 fully saturated rings. The summed E-state index contributed by atoms with van der Waals surface area (Å²) in [4.78, 5) is 34.5. The van der Waals surface area contributed by atoms with E-state index < -0.39 is 85.9 Å². The molecule has 0 saturated carbocycles. The number of ether oxygens (including phenoxy) is 6. The van der Waals surface area contributed by atoms with Crippen molar-refractivity contribution in [3.8, 4) is 0 Å². The van der Waals surface area contributed by atoms with E-state index >= 15 is 0 Å². The number of hydrogen-bond acceptors (Lipinski definition) is 13. The van der Waals surface area contributed by atoms with Gasteiger partial charge in [-0.2, -0.15) is 0 Å². The molecular formula is C18H28O13. The summed E-state index contributed by atoms with van der Waals surface area (Å²) in [5.41, 5.74) is 0. The van der Waals surface area contributed by atoms with Crippen LogP contribution in [0.5, 0.6) is 0 Å². The highest BCUT2D eigenvalue weighted by Crippen LogP contribution is 2.31. The SMILES string of the molecule is CC(=O)OC[C@H]1O[C@H](O)[C@H](O[C@@H]2O[C@@H](C)[C@@H](O)[C@@H](O)[C@@H]2O)[C@@H](OC(C)=O)[C@H]1OC(C)=O. The lowest BCUT2D eigenvalue weighted by Gasteiger charge is -2.46. The van der Waals surface area contributed by atoms with E-state index in [4.69, 9.17) is 28.4 Å². The summed E-state index contributed by atoms with van der Waals surface area (Å²) in [6.45, 7) is 4.28. The van der Waals surface area contributed by atoms with Gasteiger partial charge in [0.15, 0.2) is 30.9 Å². The molecule has 31 heavy (non-hydrogen) atoms. The van der Waals surface area contributed by atoms with Gasteiger partial charge in [0.05, 0.1) is 6.10 Å². The second kappa shape index (κ2) is 10.6. The van der Waals surface area contributed by atoms with Crippen LogP contribution in [-0.4, -0.2) is 106 Å². The fraction of sp³-hybridized carbons (Fsp3) is 0.833. The molecule has 13 nitrogen and oxygen atoms in total. The van der Waals surface area contributed by atoms with Crippen LogP contribution >= 0.6 is 0 Å². The van der Waals surface area contributed by atoms with Crippen molar-refractivity contribution in [2.75, 3.05) is 6.61 Å². The maximum atomic E-state index is 11.7. The Morgan fingerprint density at radius 3 is 1.90 bits per heavy atom. The molecule has 178 valence electrons. The molecule has 13 heteroatoms. The van der Waals surface area contributed by atoms with E-state index in [-0.39, 0.29) is 0 Å². The first-order chi connectivity index (χ1) is 14.4. The van der Waals surface area contributed by atoms with Crippen LogP contribution in [0.4, 0.5) is 0 Å². The molecule has 2 aliphatic heterocycles. The van der Waals surface area contributed by atoms with Gasteiger partial charge < -0.3 is 48.8 Å². The van der Waals surface area contributed by atoms with Crippen LogP contribution < -0.4 is 0 Å². The summed E-state index contributed by atoms with van der Waals surface area (Å²) >= 11 is 0. The van der Waals surface area contributed by atoms with Crippen molar-refractivity contribution in [3.63, 3.8) is 0 Å². The minimum atomic E-state index is -1.80. The highest BCUT2D eigenvalue weighted by molar-refractivity contribution is 5.67. The first-order valence-electron chi connectivity index (χ1n) is 9.58. The van der Waals surface area contributed by atoms with E-state index in [0.29, 0.717) is 0 Å². The average molecular weight is 452 g/mol. The van der Waals surface area contributed by atoms with Gasteiger partial charge in [-0.1, -0.05) is 0 Å². The van der Waals surface area contributed by atoms with E-state index in [1.807, 2.05) is 0 Å². The van der Waals surface area contributed by atoms with Gasteiger partial charge in [-0.05, 0) is 6.92 Å². The minimum absolute atomic E-state index is 0.431. The van der Waals surface area contributed by atoms with Crippen LogP contribution in [0.2, 0.25) is 0 Å². The van der Waals surface area contributed by atoms with Gasteiger partial charge in [0.2, 0.25) is 0 Å². The molecule has 0 radical (unpaired) electrons. The lowest BCUT2D eigenvalue weighted by Crippen LogP contribution is -2.65. The molecular weight excluding hydrogens is 424 g/mol. The average Bonchev–Trinajstić information content (AvgIpc) is 2.66. The molecule has 2 saturated heterocycles. The molecule has 0 aromatic heterocycles. The Labute approximate surface area is 177 Å². The fourth-order valence-corrected chi connectivity index (χ4v) is 3.31. The molecule has 0 aromatic carbocycles. The Hall–Kier alpha value is -1.87. The highest BCUT2D eigenvalue weighted by Gasteiger charge is 2.53. The maximum Gasteiger partial charge on any atom is 0.303 e. The quantitative estimate of drug-likeness (QED) is 0.242. The zero-order valence-corrected chi connectivity index (χ0v) is 17.4. The summed E-state index contributed by atoms with van der Waals surface area (Å²) in [6, 6.07) is 0. The topological polar surface area (TPSA) is 188 Å². The van der Waals surface area contributed by atoms with Gasteiger partial charge in [0.1, 0.15) is 31.0 Å². The molecule has 0 aromatic rings. The Balaban J connectivity index is 2.30. The van der Waals surface area contributed by atoms with E-state index in [0.717, 1.165) is 20.8 Å². The van der Waals surface area contributed by atoms with Crippen LogP contribution in [0.25, 0.3) is 0 Å². The van der Waals surface area contributed by atoms with E-state index in [1.54, 1.807) is 0 Å². The lowest BCUT2D eigenvalue weighted by atomic mass is 9.97. The highest BCUT2D eigenvalue weighted by atomic mass is 16.7. The normalized spacial score (nSPS) is 40.6. The third kappa shape index (κ3) is 6.32. The largest absolute Gasteiger partial charge is 0.463 e. The second-order valence-electron chi connectivity index (χ2n) is 7.30. The van der Waals surface area contributed by atoms with E-state index in [1.165, 1.54) is 6.92 Å². The molecule has 2 rings (SSSR count). The van der Waals surface area contributed by atoms with Crippen molar-refractivity contribution in [3.05, 3.63) is 0 Å². The number of carbonyl (C=O) groups excluding carboxylic acids is 3. The number of aliphatic hydroxyl groups excluding tert-OH is 4. The molecule has 4 N–H and O–H groups in total. The summed E-state index contributed by atoms with van der Waals surface area (Å²) < 4.78 is 31.5. The number of esters is 3. The number of carbonyl (C=O) groups is 3. The number of aliphatic hydroxyl groups is 4. The van der Waals surface area contributed by atoms with E-state index in [9.17, 15) is 34.8 Å². The smallest absolute Gasteiger partial charge is 0.303 e. The molecule has 10 atom stereocenters. The molecule has 0 amide bonds. The maximum absolute atomic E-state index is 11.7. The van der Waals surface area contributed by atoms with Crippen LogP contribution in [0, 0.1) is 0 Å². The van der Waals surface area contributed by atoms with Crippen molar-refractivity contribution < 1.29 is 63.2 Å². The molecule has 0 aliphatic carbocycles. The summed E-state index contributed by atoms with van der Waals surface area (Å²) in [5, 5.41) is 40.4. The third-order valence-corrected chi connectivity index (χ3v) is 4.76.